The quantitative estimate of drug-likeness (QED) is 0.244. The Labute approximate surface area is 193 Å². The molecule has 10 heteroatoms. The number of Topliss-reactive ketones (excluding diaryl/α,β-unsaturated/α-hetero) is 1. The maximum absolute atomic E-state index is 13.1. The largest absolute Gasteiger partial charge is 0.293 e. The number of sulfonamides is 1. The van der Waals surface area contributed by atoms with Gasteiger partial charge in [0.25, 0.3) is 15.6 Å². The van der Waals surface area contributed by atoms with Gasteiger partial charge in [-0.05, 0) is 55.5 Å². The third-order valence-corrected chi connectivity index (χ3v) is 7.04. The van der Waals surface area contributed by atoms with Crippen molar-refractivity contribution in [3.8, 4) is 0 Å². The fraction of sp³-hybridized carbons (Fsp3) is 0.0870. The number of hydrogen-bond donors (Lipinski definition) is 1. The number of para-hydroxylation sites is 1. The SMILES string of the molecule is Cc1ccc(S(=O)(=O)Nn2c(SCC(=O)c3ccc(F)cc3)nc3ccccc3c2=O)cc1. The van der Waals surface area contributed by atoms with E-state index in [1.54, 1.807) is 36.4 Å². The van der Waals surface area contributed by atoms with E-state index in [9.17, 15) is 22.4 Å². The summed E-state index contributed by atoms with van der Waals surface area (Å²) < 4.78 is 39.8. The molecule has 4 aromatic rings. The van der Waals surface area contributed by atoms with Gasteiger partial charge in [-0.15, -0.1) is 0 Å². The molecule has 0 aliphatic rings. The minimum absolute atomic E-state index is 0.00449. The number of rotatable bonds is 7. The maximum atomic E-state index is 13.1. The highest BCUT2D eigenvalue weighted by molar-refractivity contribution is 7.99. The molecule has 0 spiro atoms. The van der Waals surface area contributed by atoms with Crippen molar-refractivity contribution in [1.29, 1.82) is 0 Å². The molecule has 0 bridgehead atoms. The predicted octanol–water partition coefficient (Wildman–Crippen LogP) is 3.75. The predicted molar refractivity (Wildman–Crippen MR) is 125 cm³/mol. The topological polar surface area (TPSA) is 98.1 Å². The second-order valence-electron chi connectivity index (χ2n) is 7.18. The van der Waals surface area contributed by atoms with Crippen LogP contribution in [0.4, 0.5) is 4.39 Å². The molecule has 0 unspecified atom stereocenters. The Hall–Kier alpha value is -3.50. The molecule has 4 rings (SSSR count). The highest BCUT2D eigenvalue weighted by Crippen LogP contribution is 2.20. The minimum atomic E-state index is -4.11. The molecule has 7 nitrogen and oxygen atoms in total. The molecule has 168 valence electrons. The molecule has 0 saturated heterocycles. The van der Waals surface area contributed by atoms with Gasteiger partial charge >= 0.3 is 0 Å². The molecule has 0 saturated carbocycles. The second kappa shape index (κ2) is 9.16. The van der Waals surface area contributed by atoms with Gasteiger partial charge in [-0.1, -0.05) is 41.6 Å². The minimum Gasteiger partial charge on any atom is -0.293 e. The van der Waals surface area contributed by atoms with E-state index in [1.807, 2.05) is 6.92 Å². The average molecular weight is 484 g/mol. The summed E-state index contributed by atoms with van der Waals surface area (Å²) >= 11 is 0.903. The van der Waals surface area contributed by atoms with E-state index in [0.717, 1.165) is 22.0 Å². The van der Waals surface area contributed by atoms with E-state index < -0.39 is 21.4 Å². The number of ketones is 1. The van der Waals surface area contributed by atoms with Crippen LogP contribution >= 0.6 is 11.8 Å². The van der Waals surface area contributed by atoms with Crippen LogP contribution in [0.3, 0.4) is 0 Å². The summed E-state index contributed by atoms with van der Waals surface area (Å²) in [5.41, 5.74) is 0.922. The van der Waals surface area contributed by atoms with E-state index in [2.05, 4.69) is 9.82 Å². The van der Waals surface area contributed by atoms with Crippen molar-refractivity contribution in [2.45, 2.75) is 17.0 Å². The third-order valence-electron chi connectivity index (χ3n) is 4.79. The number of fused-ring (bicyclic) bond motifs is 1. The van der Waals surface area contributed by atoms with E-state index in [4.69, 9.17) is 0 Å². The van der Waals surface area contributed by atoms with Crippen molar-refractivity contribution in [2.75, 3.05) is 10.6 Å². The van der Waals surface area contributed by atoms with E-state index in [1.165, 1.54) is 36.4 Å². The summed E-state index contributed by atoms with van der Waals surface area (Å²) in [6, 6.07) is 17.8. The Morgan fingerprint density at radius 1 is 1.03 bits per heavy atom. The zero-order chi connectivity index (χ0) is 23.6. The van der Waals surface area contributed by atoms with Gasteiger partial charge in [0.1, 0.15) is 5.82 Å². The van der Waals surface area contributed by atoms with Crippen molar-refractivity contribution in [3.63, 3.8) is 0 Å². The monoisotopic (exact) mass is 483 g/mol. The van der Waals surface area contributed by atoms with Gasteiger partial charge in [0.2, 0.25) is 0 Å². The first kappa shape index (κ1) is 22.7. The van der Waals surface area contributed by atoms with Gasteiger partial charge < -0.3 is 0 Å². The first-order chi connectivity index (χ1) is 15.7. The van der Waals surface area contributed by atoms with Crippen LogP contribution in [-0.4, -0.2) is 29.6 Å². The molecule has 0 fully saturated rings. The third kappa shape index (κ3) is 4.96. The average Bonchev–Trinajstić information content (AvgIpc) is 2.80. The molecule has 0 aliphatic heterocycles. The molecule has 0 aliphatic carbocycles. The number of carbonyl (C=O) groups excluding carboxylic acids is 1. The zero-order valence-corrected chi connectivity index (χ0v) is 19.0. The van der Waals surface area contributed by atoms with Crippen molar-refractivity contribution >= 4 is 38.5 Å². The number of aryl methyl sites for hydroxylation is 1. The number of aromatic nitrogens is 2. The Kier molecular flexibility index (Phi) is 6.30. The summed E-state index contributed by atoms with van der Waals surface area (Å²) in [7, 11) is -4.11. The normalized spacial score (nSPS) is 11.5. The van der Waals surface area contributed by atoms with Crippen molar-refractivity contribution in [2.24, 2.45) is 0 Å². The van der Waals surface area contributed by atoms with Crippen LogP contribution < -0.4 is 10.4 Å². The molecule has 1 heterocycles. The standard InChI is InChI=1S/C23H18FN3O4S2/c1-15-6-12-18(13-7-15)33(30,31)26-27-22(29)19-4-2-3-5-20(19)25-23(27)32-14-21(28)16-8-10-17(24)11-9-16/h2-13,26H,14H2,1H3. The van der Waals surface area contributed by atoms with Gasteiger partial charge in [-0.3, -0.25) is 9.59 Å². The van der Waals surface area contributed by atoms with Crippen LogP contribution in [0, 0.1) is 12.7 Å². The number of carbonyl (C=O) groups is 1. The molecule has 1 aromatic heterocycles. The molecule has 0 radical (unpaired) electrons. The maximum Gasteiger partial charge on any atom is 0.281 e. The summed E-state index contributed by atoms with van der Waals surface area (Å²) in [5.74, 6) is -0.923. The number of hydrogen-bond acceptors (Lipinski definition) is 6. The zero-order valence-electron chi connectivity index (χ0n) is 17.4. The van der Waals surface area contributed by atoms with Gasteiger partial charge in [-0.25, -0.2) is 14.2 Å². The molecule has 3 aromatic carbocycles. The van der Waals surface area contributed by atoms with Crippen LogP contribution in [0.15, 0.2) is 87.6 Å². The van der Waals surface area contributed by atoms with Crippen molar-refractivity contribution in [3.05, 3.63) is 100 Å². The molecular formula is C23H18FN3O4S2. The highest BCUT2D eigenvalue weighted by atomic mass is 32.2. The summed E-state index contributed by atoms with van der Waals surface area (Å²) in [5, 5.41) is 0.225. The lowest BCUT2D eigenvalue weighted by atomic mass is 10.1. The molecule has 0 amide bonds. The Morgan fingerprint density at radius 2 is 1.70 bits per heavy atom. The van der Waals surface area contributed by atoms with Crippen LogP contribution in [0.5, 0.6) is 0 Å². The van der Waals surface area contributed by atoms with Crippen LogP contribution in [-0.2, 0) is 10.0 Å². The van der Waals surface area contributed by atoms with Gasteiger partial charge in [0, 0.05) is 5.56 Å². The van der Waals surface area contributed by atoms with Crippen LogP contribution in [0.1, 0.15) is 15.9 Å². The number of thioether (sulfide) groups is 1. The van der Waals surface area contributed by atoms with Crippen LogP contribution in [0.25, 0.3) is 10.9 Å². The lowest BCUT2D eigenvalue weighted by Crippen LogP contribution is -2.35. The Bertz CT molecular complexity index is 1500. The fourth-order valence-electron chi connectivity index (χ4n) is 3.03. The van der Waals surface area contributed by atoms with Gasteiger partial charge in [0.05, 0.1) is 21.6 Å². The van der Waals surface area contributed by atoms with Crippen molar-refractivity contribution in [1.82, 2.24) is 9.66 Å². The summed E-state index contributed by atoms with van der Waals surface area (Å²) in [4.78, 5) is 32.3. The Balaban J connectivity index is 1.71. The summed E-state index contributed by atoms with van der Waals surface area (Å²) in [6.45, 7) is 1.83. The second-order valence-corrected chi connectivity index (χ2v) is 9.78. The number of nitrogens with zero attached hydrogens (tertiary/aromatic N) is 2. The molecule has 1 N–H and O–H groups in total. The van der Waals surface area contributed by atoms with Gasteiger partial charge in [0.15, 0.2) is 10.9 Å². The van der Waals surface area contributed by atoms with E-state index in [0.29, 0.717) is 11.1 Å². The number of halogens is 1. The lowest BCUT2D eigenvalue weighted by Gasteiger charge is -2.15. The molecular weight excluding hydrogens is 465 g/mol. The first-order valence-electron chi connectivity index (χ1n) is 9.77. The lowest BCUT2D eigenvalue weighted by molar-refractivity contribution is 0.102. The fourth-order valence-corrected chi connectivity index (χ4v) is 4.94. The highest BCUT2D eigenvalue weighted by Gasteiger charge is 2.20. The first-order valence-corrected chi connectivity index (χ1v) is 12.2. The Morgan fingerprint density at radius 3 is 2.39 bits per heavy atom. The molecule has 33 heavy (non-hydrogen) atoms. The number of nitrogens with one attached hydrogen (secondary N) is 1. The molecule has 0 atom stereocenters. The van der Waals surface area contributed by atoms with Gasteiger partial charge in [-0.2, -0.15) is 13.1 Å². The number of benzene rings is 3. The summed E-state index contributed by atoms with van der Waals surface area (Å²) in [6.07, 6.45) is 0. The van der Waals surface area contributed by atoms with Crippen LogP contribution in [0.2, 0.25) is 0 Å². The van der Waals surface area contributed by atoms with E-state index >= 15 is 0 Å². The smallest absolute Gasteiger partial charge is 0.281 e. The van der Waals surface area contributed by atoms with E-state index in [-0.39, 0.29) is 27.0 Å². The van der Waals surface area contributed by atoms with Crippen molar-refractivity contribution < 1.29 is 17.6 Å².